The molecule has 0 radical (unpaired) electrons. The van der Waals surface area contributed by atoms with Gasteiger partial charge in [-0.1, -0.05) is 6.42 Å². The Bertz CT molecular complexity index is 362. The number of rotatable bonds is 2. The summed E-state index contributed by atoms with van der Waals surface area (Å²) >= 11 is 0. The maximum Gasteiger partial charge on any atom is 0.213 e. The highest BCUT2D eigenvalue weighted by molar-refractivity contribution is 5.82. The monoisotopic (exact) mass is 221 g/mol. The van der Waals surface area contributed by atoms with Crippen LogP contribution < -0.4 is 5.32 Å². The highest BCUT2D eigenvalue weighted by atomic mass is 16.4. The number of oxazole rings is 1. The number of aromatic nitrogens is 1. The van der Waals surface area contributed by atoms with E-state index >= 15 is 0 Å². The minimum absolute atomic E-state index is 0.646. The Morgan fingerprint density at radius 3 is 2.88 bits per heavy atom. The van der Waals surface area contributed by atoms with Crippen LogP contribution in [0.15, 0.2) is 9.41 Å². The van der Waals surface area contributed by atoms with E-state index in [-0.39, 0.29) is 0 Å². The largest absolute Gasteiger partial charge is 0.444 e. The van der Waals surface area contributed by atoms with Gasteiger partial charge in [0.15, 0.2) is 0 Å². The molecular weight excluding hydrogens is 202 g/mol. The van der Waals surface area contributed by atoms with Gasteiger partial charge in [-0.3, -0.25) is 4.99 Å². The Kier molecular flexibility index (Phi) is 3.59. The molecule has 0 atom stereocenters. The van der Waals surface area contributed by atoms with E-state index in [0.717, 1.165) is 36.1 Å². The van der Waals surface area contributed by atoms with Crippen LogP contribution in [0.1, 0.15) is 43.0 Å². The van der Waals surface area contributed by atoms with Crippen LogP contribution in [0.25, 0.3) is 0 Å². The lowest BCUT2D eigenvalue weighted by Crippen LogP contribution is -2.22. The molecule has 0 fully saturated rings. The zero-order valence-corrected chi connectivity index (χ0v) is 10.0. The van der Waals surface area contributed by atoms with Crippen molar-refractivity contribution >= 4 is 5.84 Å². The first kappa shape index (κ1) is 11.2. The van der Waals surface area contributed by atoms with Crippen LogP contribution in [0.3, 0.4) is 0 Å². The van der Waals surface area contributed by atoms with Crippen molar-refractivity contribution in [3.8, 4) is 0 Å². The van der Waals surface area contributed by atoms with E-state index in [1.165, 1.54) is 19.3 Å². The fourth-order valence-electron chi connectivity index (χ4n) is 1.81. The molecule has 1 aromatic rings. The second-order valence-electron chi connectivity index (χ2n) is 4.24. The van der Waals surface area contributed by atoms with Gasteiger partial charge in [0.1, 0.15) is 5.76 Å². The molecule has 0 bridgehead atoms. The molecule has 1 N–H and O–H groups in total. The second-order valence-corrected chi connectivity index (χ2v) is 4.24. The van der Waals surface area contributed by atoms with Crippen molar-refractivity contribution in [1.82, 2.24) is 10.3 Å². The molecule has 0 saturated heterocycles. The molecule has 4 nitrogen and oxygen atoms in total. The lowest BCUT2D eigenvalue weighted by Gasteiger charge is -2.05. The average molecular weight is 221 g/mol. The van der Waals surface area contributed by atoms with Gasteiger partial charge < -0.3 is 9.73 Å². The Hall–Kier alpha value is -1.32. The molecule has 0 unspecified atom stereocenters. The maximum atomic E-state index is 5.51. The van der Waals surface area contributed by atoms with Gasteiger partial charge in [0, 0.05) is 13.0 Å². The molecule has 0 aliphatic carbocycles. The third-order valence-electron chi connectivity index (χ3n) is 2.89. The first-order valence-electron chi connectivity index (χ1n) is 5.96. The van der Waals surface area contributed by atoms with Gasteiger partial charge in [-0.25, -0.2) is 4.98 Å². The SMILES string of the molecule is Cc1nc(CNC2=NCCCCC2)oc1C. The minimum Gasteiger partial charge on any atom is -0.444 e. The fourth-order valence-corrected chi connectivity index (χ4v) is 1.81. The number of aliphatic imine (C=N–C) groups is 1. The number of hydrogen-bond acceptors (Lipinski definition) is 4. The molecular formula is C12H19N3O. The molecule has 0 spiro atoms. The van der Waals surface area contributed by atoms with Crippen LogP contribution in [0.2, 0.25) is 0 Å². The quantitative estimate of drug-likeness (QED) is 0.834. The van der Waals surface area contributed by atoms with Crippen molar-refractivity contribution in [3.63, 3.8) is 0 Å². The molecule has 88 valence electrons. The maximum absolute atomic E-state index is 5.51. The third kappa shape index (κ3) is 2.84. The van der Waals surface area contributed by atoms with Crippen LogP contribution in [-0.2, 0) is 6.54 Å². The first-order chi connectivity index (χ1) is 7.75. The van der Waals surface area contributed by atoms with Gasteiger partial charge in [0.05, 0.1) is 18.1 Å². The van der Waals surface area contributed by atoms with Crippen LogP contribution in [0, 0.1) is 13.8 Å². The van der Waals surface area contributed by atoms with Crippen molar-refractivity contribution in [3.05, 3.63) is 17.3 Å². The van der Waals surface area contributed by atoms with Gasteiger partial charge in [-0.2, -0.15) is 0 Å². The molecule has 0 aromatic carbocycles. The summed E-state index contributed by atoms with van der Waals surface area (Å²) < 4.78 is 5.51. The van der Waals surface area contributed by atoms with Gasteiger partial charge in [0.25, 0.3) is 0 Å². The van der Waals surface area contributed by atoms with Crippen molar-refractivity contribution in [1.29, 1.82) is 0 Å². The van der Waals surface area contributed by atoms with Gasteiger partial charge >= 0.3 is 0 Å². The molecule has 2 rings (SSSR count). The average Bonchev–Trinajstić information content (AvgIpc) is 2.50. The van der Waals surface area contributed by atoms with Crippen molar-refractivity contribution in [2.45, 2.75) is 46.1 Å². The lowest BCUT2D eigenvalue weighted by molar-refractivity contribution is 0.464. The molecule has 16 heavy (non-hydrogen) atoms. The number of amidine groups is 1. The molecule has 1 aliphatic heterocycles. The Morgan fingerprint density at radius 1 is 1.25 bits per heavy atom. The topological polar surface area (TPSA) is 50.4 Å². The zero-order chi connectivity index (χ0) is 11.4. The van der Waals surface area contributed by atoms with E-state index < -0.39 is 0 Å². The highest BCUT2D eigenvalue weighted by Gasteiger charge is 2.07. The summed E-state index contributed by atoms with van der Waals surface area (Å²) in [7, 11) is 0. The summed E-state index contributed by atoms with van der Waals surface area (Å²) in [6.45, 7) is 5.50. The van der Waals surface area contributed by atoms with Crippen LogP contribution >= 0.6 is 0 Å². The number of hydrogen-bond donors (Lipinski definition) is 1. The van der Waals surface area contributed by atoms with Crippen LogP contribution in [-0.4, -0.2) is 17.4 Å². The van der Waals surface area contributed by atoms with Crippen molar-refractivity contribution in [2.24, 2.45) is 4.99 Å². The van der Waals surface area contributed by atoms with E-state index in [0.29, 0.717) is 6.54 Å². The summed E-state index contributed by atoms with van der Waals surface area (Å²) in [5.41, 5.74) is 0.972. The van der Waals surface area contributed by atoms with Crippen LogP contribution in [0.5, 0.6) is 0 Å². The molecule has 2 heterocycles. The standard InChI is InChI=1S/C12H19N3O/c1-9-10(2)16-12(15-9)8-14-11-6-4-3-5-7-13-11/h3-8H2,1-2H3,(H,13,14). The Morgan fingerprint density at radius 2 is 2.12 bits per heavy atom. The molecule has 1 aliphatic rings. The summed E-state index contributed by atoms with van der Waals surface area (Å²) in [6.07, 6.45) is 4.78. The van der Waals surface area contributed by atoms with E-state index in [1.807, 2.05) is 13.8 Å². The normalized spacial score (nSPS) is 16.8. The van der Waals surface area contributed by atoms with Crippen molar-refractivity contribution in [2.75, 3.05) is 6.54 Å². The summed E-state index contributed by atoms with van der Waals surface area (Å²) in [6, 6.07) is 0. The van der Waals surface area contributed by atoms with E-state index in [9.17, 15) is 0 Å². The summed E-state index contributed by atoms with van der Waals surface area (Å²) in [4.78, 5) is 8.84. The third-order valence-corrected chi connectivity index (χ3v) is 2.89. The first-order valence-corrected chi connectivity index (χ1v) is 5.96. The molecule has 0 amide bonds. The number of nitrogens with zero attached hydrogens (tertiary/aromatic N) is 2. The summed E-state index contributed by atoms with van der Waals surface area (Å²) in [5, 5.41) is 3.31. The van der Waals surface area contributed by atoms with Crippen molar-refractivity contribution < 1.29 is 4.42 Å². The molecule has 1 aromatic heterocycles. The predicted molar refractivity (Wildman–Crippen MR) is 63.6 cm³/mol. The molecule has 4 heteroatoms. The van der Waals surface area contributed by atoms with Gasteiger partial charge in [-0.05, 0) is 26.7 Å². The Balaban J connectivity index is 1.88. The zero-order valence-electron chi connectivity index (χ0n) is 10.0. The smallest absolute Gasteiger partial charge is 0.213 e. The lowest BCUT2D eigenvalue weighted by atomic mass is 10.2. The van der Waals surface area contributed by atoms with Crippen LogP contribution in [0.4, 0.5) is 0 Å². The summed E-state index contributed by atoms with van der Waals surface area (Å²) in [5.74, 6) is 2.76. The van der Waals surface area contributed by atoms with E-state index in [2.05, 4.69) is 15.3 Å². The predicted octanol–water partition coefficient (Wildman–Crippen LogP) is 2.35. The highest BCUT2D eigenvalue weighted by Crippen LogP contribution is 2.09. The minimum atomic E-state index is 0.646. The Labute approximate surface area is 96.2 Å². The van der Waals surface area contributed by atoms with E-state index in [4.69, 9.17) is 4.42 Å². The van der Waals surface area contributed by atoms with Gasteiger partial charge in [0.2, 0.25) is 5.89 Å². The van der Waals surface area contributed by atoms with Gasteiger partial charge in [-0.15, -0.1) is 0 Å². The second kappa shape index (κ2) is 5.14. The number of aryl methyl sites for hydroxylation is 2. The molecule has 0 saturated carbocycles. The number of nitrogens with one attached hydrogen (secondary N) is 1. The van der Waals surface area contributed by atoms with E-state index in [1.54, 1.807) is 0 Å². The fraction of sp³-hybridized carbons (Fsp3) is 0.667.